The third-order valence-electron chi connectivity index (χ3n) is 2.36. The number of nitrogens with one attached hydrogen (secondary N) is 2. The Morgan fingerprint density at radius 3 is 2.89 bits per heavy atom. The van der Waals surface area contributed by atoms with E-state index in [1.165, 1.54) is 6.33 Å². The zero-order chi connectivity index (χ0) is 13.1. The number of rotatable bonds is 3. The maximum atomic E-state index is 12.1. The van der Waals surface area contributed by atoms with E-state index in [4.69, 9.17) is 0 Å². The highest BCUT2D eigenvalue weighted by Gasteiger charge is 2.15. The van der Waals surface area contributed by atoms with Crippen LogP contribution in [0.15, 0.2) is 33.5 Å². The molecule has 1 unspecified atom stereocenters. The number of hydrogen-bond acceptors (Lipinski definition) is 3. The van der Waals surface area contributed by atoms with Gasteiger partial charge in [-0.1, -0.05) is 15.9 Å². The van der Waals surface area contributed by atoms with Gasteiger partial charge in [-0.15, -0.1) is 0 Å². The molecule has 18 heavy (non-hydrogen) atoms. The maximum Gasteiger partial charge on any atom is 0.253 e. The zero-order valence-electron chi connectivity index (χ0n) is 9.45. The molecule has 0 saturated heterocycles. The van der Waals surface area contributed by atoms with Crippen molar-refractivity contribution < 1.29 is 4.79 Å². The van der Waals surface area contributed by atoms with E-state index in [0.717, 1.165) is 8.95 Å². The Morgan fingerprint density at radius 2 is 2.22 bits per heavy atom. The molecule has 0 spiro atoms. The van der Waals surface area contributed by atoms with Crippen LogP contribution in [0.3, 0.4) is 0 Å². The molecule has 7 heteroatoms. The van der Waals surface area contributed by atoms with Crippen molar-refractivity contribution in [2.45, 2.75) is 13.0 Å². The minimum absolute atomic E-state index is 0.174. The van der Waals surface area contributed by atoms with Crippen molar-refractivity contribution in [2.75, 3.05) is 0 Å². The van der Waals surface area contributed by atoms with Gasteiger partial charge in [0.15, 0.2) is 0 Å². The second-order valence-corrected chi connectivity index (χ2v) is 5.46. The standard InChI is InChI=1S/C11H10Br2N4O/c1-6(10-14-5-15-17-10)16-11(18)8-4-7(12)2-3-9(8)13/h2-6H,1H3,(H,16,18)(H,14,15,17). The van der Waals surface area contributed by atoms with E-state index in [2.05, 4.69) is 52.4 Å². The molecule has 2 N–H and O–H groups in total. The summed E-state index contributed by atoms with van der Waals surface area (Å²) in [7, 11) is 0. The quantitative estimate of drug-likeness (QED) is 0.868. The van der Waals surface area contributed by atoms with Crippen molar-refractivity contribution >= 4 is 37.8 Å². The molecule has 0 fully saturated rings. The first-order valence-electron chi connectivity index (χ1n) is 5.19. The number of carbonyl (C=O) groups is 1. The summed E-state index contributed by atoms with van der Waals surface area (Å²) in [5, 5.41) is 9.32. The number of carbonyl (C=O) groups excluding carboxylic acids is 1. The lowest BCUT2D eigenvalue weighted by Gasteiger charge is -2.12. The first-order chi connectivity index (χ1) is 8.58. The monoisotopic (exact) mass is 372 g/mol. The van der Waals surface area contributed by atoms with Crippen LogP contribution < -0.4 is 5.32 Å². The maximum absolute atomic E-state index is 12.1. The van der Waals surface area contributed by atoms with Gasteiger partial charge in [-0.3, -0.25) is 9.89 Å². The van der Waals surface area contributed by atoms with Crippen LogP contribution in [0.4, 0.5) is 0 Å². The molecule has 0 radical (unpaired) electrons. The van der Waals surface area contributed by atoms with Gasteiger partial charge >= 0.3 is 0 Å². The summed E-state index contributed by atoms with van der Waals surface area (Å²) in [6, 6.07) is 5.21. The average molecular weight is 374 g/mol. The van der Waals surface area contributed by atoms with Crippen LogP contribution in [0, 0.1) is 0 Å². The van der Waals surface area contributed by atoms with Crippen LogP contribution in [0.25, 0.3) is 0 Å². The second kappa shape index (κ2) is 5.62. The topological polar surface area (TPSA) is 70.7 Å². The van der Waals surface area contributed by atoms with Crippen LogP contribution in [0.1, 0.15) is 29.1 Å². The molecule has 0 saturated carbocycles. The second-order valence-electron chi connectivity index (χ2n) is 3.69. The lowest BCUT2D eigenvalue weighted by Crippen LogP contribution is -2.27. The van der Waals surface area contributed by atoms with Gasteiger partial charge in [0.25, 0.3) is 5.91 Å². The third kappa shape index (κ3) is 2.97. The summed E-state index contributed by atoms with van der Waals surface area (Å²) in [6.07, 6.45) is 1.41. The lowest BCUT2D eigenvalue weighted by atomic mass is 10.2. The van der Waals surface area contributed by atoms with Gasteiger partial charge in [-0.05, 0) is 41.1 Å². The largest absolute Gasteiger partial charge is 0.342 e. The minimum atomic E-state index is -0.231. The molecule has 0 bridgehead atoms. The van der Waals surface area contributed by atoms with Gasteiger partial charge in [0.05, 0.1) is 11.6 Å². The van der Waals surface area contributed by atoms with Gasteiger partial charge in [0, 0.05) is 8.95 Å². The highest BCUT2D eigenvalue weighted by Crippen LogP contribution is 2.22. The van der Waals surface area contributed by atoms with Crippen molar-refractivity contribution in [1.29, 1.82) is 0 Å². The molecule has 1 amide bonds. The summed E-state index contributed by atoms with van der Waals surface area (Å²) >= 11 is 6.69. The van der Waals surface area contributed by atoms with Crippen molar-refractivity contribution in [3.05, 3.63) is 44.9 Å². The molecule has 0 aliphatic carbocycles. The SMILES string of the molecule is CC(NC(=O)c1cc(Br)ccc1Br)c1ncn[nH]1. The van der Waals surface area contributed by atoms with E-state index in [1.54, 1.807) is 6.07 Å². The number of H-pyrrole nitrogens is 1. The third-order valence-corrected chi connectivity index (χ3v) is 3.55. The van der Waals surface area contributed by atoms with E-state index in [-0.39, 0.29) is 11.9 Å². The fourth-order valence-electron chi connectivity index (χ4n) is 1.44. The number of aromatic amines is 1. The molecule has 1 aromatic heterocycles. The molecule has 1 heterocycles. The van der Waals surface area contributed by atoms with Crippen molar-refractivity contribution in [3.63, 3.8) is 0 Å². The van der Waals surface area contributed by atoms with Gasteiger partial charge in [-0.2, -0.15) is 5.10 Å². The highest BCUT2D eigenvalue weighted by molar-refractivity contribution is 9.11. The van der Waals surface area contributed by atoms with Gasteiger partial charge in [0.2, 0.25) is 0 Å². The fourth-order valence-corrected chi connectivity index (χ4v) is 2.23. The molecule has 0 aliphatic heterocycles. The fraction of sp³-hybridized carbons (Fsp3) is 0.182. The Morgan fingerprint density at radius 1 is 1.44 bits per heavy atom. The average Bonchev–Trinajstić information content (AvgIpc) is 2.85. The molecule has 2 rings (SSSR count). The van der Waals surface area contributed by atoms with Gasteiger partial charge in [-0.25, -0.2) is 4.98 Å². The molecule has 2 aromatic rings. The van der Waals surface area contributed by atoms with Crippen LogP contribution in [0.2, 0.25) is 0 Å². The summed E-state index contributed by atoms with van der Waals surface area (Å²) in [4.78, 5) is 16.1. The first kappa shape index (κ1) is 13.2. The number of amides is 1. The molecule has 5 nitrogen and oxygen atoms in total. The van der Waals surface area contributed by atoms with Crippen LogP contribution in [-0.2, 0) is 0 Å². The predicted molar refractivity (Wildman–Crippen MR) is 74.1 cm³/mol. The smallest absolute Gasteiger partial charge is 0.253 e. The van der Waals surface area contributed by atoms with E-state index in [1.807, 2.05) is 19.1 Å². The Kier molecular flexibility index (Phi) is 4.13. The first-order valence-corrected chi connectivity index (χ1v) is 6.77. The Bertz CT molecular complexity index is 556. The number of nitrogens with zero attached hydrogens (tertiary/aromatic N) is 2. The normalized spacial score (nSPS) is 12.2. The molecule has 0 aliphatic rings. The molecule has 1 aromatic carbocycles. The minimum Gasteiger partial charge on any atom is -0.342 e. The van der Waals surface area contributed by atoms with Crippen LogP contribution in [-0.4, -0.2) is 21.1 Å². The van der Waals surface area contributed by atoms with Crippen LogP contribution in [0.5, 0.6) is 0 Å². The number of aromatic nitrogens is 3. The van der Waals surface area contributed by atoms with Crippen molar-refractivity contribution in [2.24, 2.45) is 0 Å². The van der Waals surface area contributed by atoms with E-state index >= 15 is 0 Å². The van der Waals surface area contributed by atoms with E-state index < -0.39 is 0 Å². The lowest BCUT2D eigenvalue weighted by molar-refractivity contribution is 0.0937. The Hall–Kier alpha value is -1.21. The number of benzene rings is 1. The molecule has 94 valence electrons. The van der Waals surface area contributed by atoms with Crippen molar-refractivity contribution in [3.8, 4) is 0 Å². The summed E-state index contributed by atoms with van der Waals surface area (Å²) in [6.45, 7) is 1.84. The van der Waals surface area contributed by atoms with Crippen LogP contribution >= 0.6 is 31.9 Å². The Labute approximate surface area is 121 Å². The predicted octanol–water partition coefficient (Wildman–Crippen LogP) is 2.82. The summed E-state index contributed by atoms with van der Waals surface area (Å²) in [5.41, 5.74) is 0.566. The molecule has 1 atom stereocenters. The number of halogens is 2. The van der Waals surface area contributed by atoms with E-state index in [9.17, 15) is 4.79 Å². The summed E-state index contributed by atoms with van der Waals surface area (Å²) in [5.74, 6) is 0.446. The Balaban J connectivity index is 2.15. The number of hydrogen-bond donors (Lipinski definition) is 2. The van der Waals surface area contributed by atoms with Crippen molar-refractivity contribution in [1.82, 2.24) is 20.5 Å². The molecular weight excluding hydrogens is 364 g/mol. The molecular formula is C11H10Br2N4O. The van der Waals surface area contributed by atoms with E-state index in [0.29, 0.717) is 11.4 Å². The van der Waals surface area contributed by atoms with Gasteiger partial charge < -0.3 is 5.32 Å². The summed E-state index contributed by atoms with van der Waals surface area (Å²) < 4.78 is 1.59. The zero-order valence-corrected chi connectivity index (χ0v) is 12.6. The highest BCUT2D eigenvalue weighted by atomic mass is 79.9. The van der Waals surface area contributed by atoms with Gasteiger partial charge in [0.1, 0.15) is 12.2 Å².